The number of nitrogens with zero attached hydrogens (tertiary/aromatic N) is 1. The van der Waals surface area contributed by atoms with Crippen LogP contribution < -0.4 is 5.32 Å². The van der Waals surface area contributed by atoms with Crippen LogP contribution in [0.4, 0.5) is 5.69 Å². The fraction of sp³-hybridized carbons (Fsp3) is 0.400. The van der Waals surface area contributed by atoms with Crippen molar-refractivity contribution in [3.8, 4) is 0 Å². The smallest absolute Gasteiger partial charge is 0.227 e. The molecule has 25 heavy (non-hydrogen) atoms. The lowest BCUT2D eigenvalue weighted by molar-refractivity contribution is -0.129. The van der Waals surface area contributed by atoms with Crippen molar-refractivity contribution in [3.63, 3.8) is 0 Å². The summed E-state index contributed by atoms with van der Waals surface area (Å²) in [6.45, 7) is 2.73. The topological polar surface area (TPSA) is 51.2 Å². The monoisotopic (exact) mass is 402 g/mol. The second-order valence-corrected chi connectivity index (χ2v) is 7.28. The SMILES string of the molecule is CCCc1cncc(NC(=O)[C@H]2C[C@@H](OCc3ccccc3)C2)c1Br. The molecule has 4 nitrogen and oxygen atoms in total. The van der Waals surface area contributed by atoms with Crippen molar-refractivity contribution in [3.05, 3.63) is 58.3 Å². The van der Waals surface area contributed by atoms with Crippen LogP contribution in [0.15, 0.2) is 47.2 Å². The molecular formula is C20H23BrN2O2. The number of carbonyl (C=O) groups is 1. The highest BCUT2D eigenvalue weighted by Crippen LogP contribution is 2.33. The van der Waals surface area contributed by atoms with Crippen LogP contribution in [0.3, 0.4) is 0 Å². The van der Waals surface area contributed by atoms with E-state index in [0.717, 1.165) is 47.0 Å². The molecule has 1 N–H and O–H groups in total. The van der Waals surface area contributed by atoms with E-state index in [1.807, 2.05) is 24.4 Å². The molecule has 5 heteroatoms. The van der Waals surface area contributed by atoms with Gasteiger partial charge in [0, 0.05) is 16.6 Å². The number of anilines is 1. The average Bonchev–Trinajstić information content (AvgIpc) is 2.58. The second-order valence-electron chi connectivity index (χ2n) is 6.49. The Bertz CT molecular complexity index is 715. The van der Waals surface area contributed by atoms with Crippen LogP contribution >= 0.6 is 15.9 Å². The third-order valence-corrected chi connectivity index (χ3v) is 5.46. The molecule has 0 aliphatic heterocycles. The minimum Gasteiger partial charge on any atom is -0.373 e. The summed E-state index contributed by atoms with van der Waals surface area (Å²) in [7, 11) is 0. The van der Waals surface area contributed by atoms with Gasteiger partial charge in [-0.05, 0) is 46.3 Å². The molecule has 0 atom stereocenters. The van der Waals surface area contributed by atoms with Crippen molar-refractivity contribution < 1.29 is 9.53 Å². The third-order valence-electron chi connectivity index (χ3n) is 4.52. The summed E-state index contributed by atoms with van der Waals surface area (Å²) in [4.78, 5) is 16.6. The lowest BCUT2D eigenvalue weighted by Crippen LogP contribution is -2.39. The van der Waals surface area contributed by atoms with Gasteiger partial charge in [0.15, 0.2) is 0 Å². The summed E-state index contributed by atoms with van der Waals surface area (Å²) in [5, 5.41) is 3.00. The number of halogens is 1. The molecule has 0 unspecified atom stereocenters. The van der Waals surface area contributed by atoms with Crippen LogP contribution in [0.1, 0.15) is 37.3 Å². The van der Waals surface area contributed by atoms with Gasteiger partial charge in [-0.3, -0.25) is 9.78 Å². The van der Waals surface area contributed by atoms with Crippen LogP contribution in [0.2, 0.25) is 0 Å². The first-order valence-electron chi connectivity index (χ1n) is 8.76. The Hall–Kier alpha value is -1.72. The Morgan fingerprint density at radius 3 is 2.76 bits per heavy atom. The zero-order chi connectivity index (χ0) is 17.6. The normalized spacial score (nSPS) is 19.3. The highest BCUT2D eigenvalue weighted by molar-refractivity contribution is 9.10. The molecule has 0 bridgehead atoms. The molecule has 3 rings (SSSR count). The molecule has 0 radical (unpaired) electrons. The van der Waals surface area contributed by atoms with Crippen LogP contribution in [-0.4, -0.2) is 17.0 Å². The van der Waals surface area contributed by atoms with Gasteiger partial charge in [-0.25, -0.2) is 0 Å². The zero-order valence-corrected chi connectivity index (χ0v) is 16.0. The predicted molar refractivity (Wildman–Crippen MR) is 102 cm³/mol. The maximum Gasteiger partial charge on any atom is 0.227 e. The van der Waals surface area contributed by atoms with Gasteiger partial charge >= 0.3 is 0 Å². The first-order chi connectivity index (χ1) is 12.2. The molecule has 0 spiro atoms. The summed E-state index contributed by atoms with van der Waals surface area (Å²) in [6, 6.07) is 10.1. The van der Waals surface area contributed by atoms with Gasteiger partial charge in [0.25, 0.3) is 0 Å². The van der Waals surface area contributed by atoms with E-state index in [-0.39, 0.29) is 17.9 Å². The number of hydrogen-bond donors (Lipinski definition) is 1. The van der Waals surface area contributed by atoms with Gasteiger partial charge in [-0.15, -0.1) is 0 Å². The number of ether oxygens (including phenoxy) is 1. The maximum atomic E-state index is 12.4. The summed E-state index contributed by atoms with van der Waals surface area (Å²) >= 11 is 3.58. The molecule has 1 aromatic carbocycles. The molecule has 1 saturated carbocycles. The zero-order valence-electron chi connectivity index (χ0n) is 14.4. The molecular weight excluding hydrogens is 380 g/mol. The Morgan fingerprint density at radius 2 is 2.04 bits per heavy atom. The largest absolute Gasteiger partial charge is 0.373 e. The van der Waals surface area contributed by atoms with Crippen molar-refractivity contribution in [1.29, 1.82) is 0 Å². The van der Waals surface area contributed by atoms with Gasteiger partial charge < -0.3 is 10.1 Å². The number of benzene rings is 1. The molecule has 2 aromatic rings. The highest BCUT2D eigenvalue weighted by Gasteiger charge is 2.35. The van der Waals surface area contributed by atoms with Crippen LogP contribution in [0.5, 0.6) is 0 Å². The van der Waals surface area contributed by atoms with Gasteiger partial charge in [0.1, 0.15) is 0 Å². The van der Waals surface area contributed by atoms with Gasteiger partial charge in [0.05, 0.1) is 24.6 Å². The quantitative estimate of drug-likeness (QED) is 0.727. The lowest BCUT2D eigenvalue weighted by atomic mass is 9.81. The van der Waals surface area contributed by atoms with Crippen LogP contribution in [0.25, 0.3) is 0 Å². The van der Waals surface area contributed by atoms with E-state index in [1.54, 1.807) is 6.20 Å². The van der Waals surface area contributed by atoms with Crippen LogP contribution in [0, 0.1) is 5.92 Å². The molecule has 1 heterocycles. The molecule has 132 valence electrons. The van der Waals surface area contributed by atoms with Crippen molar-refractivity contribution >= 4 is 27.5 Å². The van der Waals surface area contributed by atoms with E-state index in [2.05, 4.69) is 45.3 Å². The van der Waals surface area contributed by atoms with E-state index < -0.39 is 0 Å². The van der Waals surface area contributed by atoms with Crippen molar-refractivity contribution in [2.24, 2.45) is 5.92 Å². The van der Waals surface area contributed by atoms with Gasteiger partial charge in [0.2, 0.25) is 5.91 Å². The number of amides is 1. The number of pyridine rings is 1. The molecule has 1 amide bonds. The summed E-state index contributed by atoms with van der Waals surface area (Å²) in [5.41, 5.74) is 3.04. The summed E-state index contributed by atoms with van der Waals surface area (Å²) in [5.74, 6) is 0.0678. The molecule has 1 aromatic heterocycles. The Balaban J connectivity index is 1.47. The highest BCUT2D eigenvalue weighted by atomic mass is 79.9. The van der Waals surface area contributed by atoms with E-state index in [1.165, 1.54) is 0 Å². The summed E-state index contributed by atoms with van der Waals surface area (Å²) in [6.07, 6.45) is 7.25. The second kappa shape index (κ2) is 8.59. The van der Waals surface area contributed by atoms with Crippen molar-refractivity contribution in [2.75, 3.05) is 5.32 Å². The number of hydrogen-bond acceptors (Lipinski definition) is 3. The van der Waals surface area contributed by atoms with E-state index in [0.29, 0.717) is 6.61 Å². The van der Waals surface area contributed by atoms with E-state index >= 15 is 0 Å². The Morgan fingerprint density at radius 1 is 1.28 bits per heavy atom. The van der Waals surface area contributed by atoms with E-state index in [9.17, 15) is 4.79 Å². The number of aryl methyl sites for hydroxylation is 1. The minimum absolute atomic E-state index is 0.0162. The molecule has 1 aliphatic rings. The molecule has 0 saturated heterocycles. The third kappa shape index (κ3) is 4.67. The fourth-order valence-electron chi connectivity index (χ4n) is 2.96. The standard InChI is InChI=1S/C20H23BrN2O2/c1-2-6-15-11-22-12-18(19(15)21)23-20(24)16-9-17(10-16)25-13-14-7-4-3-5-8-14/h3-5,7-8,11-12,16-17H,2,6,9-10,13H2,1H3,(H,23,24)/t16-,17+. The average molecular weight is 403 g/mol. The molecule has 1 fully saturated rings. The summed E-state index contributed by atoms with van der Waals surface area (Å²) < 4.78 is 6.81. The van der Waals surface area contributed by atoms with Crippen molar-refractivity contribution in [2.45, 2.75) is 45.3 Å². The fourth-order valence-corrected chi connectivity index (χ4v) is 3.46. The lowest BCUT2D eigenvalue weighted by Gasteiger charge is -2.34. The first kappa shape index (κ1) is 18.1. The molecule has 1 aliphatic carbocycles. The van der Waals surface area contributed by atoms with Crippen molar-refractivity contribution in [1.82, 2.24) is 4.98 Å². The van der Waals surface area contributed by atoms with Crippen LogP contribution in [-0.2, 0) is 22.6 Å². The maximum absolute atomic E-state index is 12.4. The number of nitrogens with one attached hydrogen (secondary N) is 1. The van der Waals surface area contributed by atoms with Gasteiger partial charge in [-0.2, -0.15) is 0 Å². The Kier molecular flexibility index (Phi) is 6.21. The number of carbonyl (C=O) groups excluding carboxylic acids is 1. The minimum atomic E-state index is 0.0162. The number of rotatable bonds is 7. The van der Waals surface area contributed by atoms with E-state index in [4.69, 9.17) is 4.74 Å². The number of aromatic nitrogens is 1. The predicted octanol–water partition coefficient (Wildman–Crippen LogP) is 4.73. The Labute approximate surface area is 157 Å². The van der Waals surface area contributed by atoms with Gasteiger partial charge in [-0.1, -0.05) is 43.7 Å². The first-order valence-corrected chi connectivity index (χ1v) is 9.55.